The number of hydrogen-bond donors (Lipinski definition) is 1. The molecule has 0 saturated carbocycles. The van der Waals surface area contributed by atoms with Crippen molar-refractivity contribution in [1.82, 2.24) is 0 Å². The van der Waals surface area contributed by atoms with Crippen molar-refractivity contribution in [2.24, 2.45) is 5.73 Å². The van der Waals surface area contributed by atoms with Gasteiger partial charge in [-0.25, -0.2) is 8.78 Å². The van der Waals surface area contributed by atoms with Crippen molar-refractivity contribution in [3.05, 3.63) is 33.8 Å². The van der Waals surface area contributed by atoms with E-state index in [9.17, 15) is 8.78 Å². The van der Waals surface area contributed by atoms with Gasteiger partial charge in [-0.05, 0) is 19.1 Å². The van der Waals surface area contributed by atoms with Crippen molar-refractivity contribution in [2.75, 3.05) is 0 Å². The number of rotatable bonds is 1. The molecule has 0 aromatic heterocycles. The van der Waals surface area contributed by atoms with Crippen LogP contribution in [-0.2, 0) is 0 Å². The lowest BCUT2D eigenvalue weighted by atomic mass is 10.1. The molecular weight excluding hydrogens is 228 g/mol. The molecule has 0 aliphatic carbocycles. The van der Waals surface area contributed by atoms with E-state index in [0.29, 0.717) is 4.47 Å². The van der Waals surface area contributed by atoms with E-state index < -0.39 is 17.7 Å². The third-order valence-corrected chi connectivity index (χ3v) is 1.96. The highest BCUT2D eigenvalue weighted by molar-refractivity contribution is 9.10. The molecule has 0 unspecified atom stereocenters. The van der Waals surface area contributed by atoms with E-state index in [1.54, 1.807) is 0 Å². The van der Waals surface area contributed by atoms with E-state index in [1.807, 2.05) is 0 Å². The highest BCUT2D eigenvalue weighted by atomic mass is 79.9. The van der Waals surface area contributed by atoms with E-state index in [4.69, 9.17) is 5.73 Å². The van der Waals surface area contributed by atoms with Gasteiger partial charge in [0.15, 0.2) is 0 Å². The second-order valence-corrected chi connectivity index (χ2v) is 3.49. The Bertz CT molecular complexity index is 276. The molecule has 0 radical (unpaired) electrons. The van der Waals surface area contributed by atoms with Crippen LogP contribution in [0, 0.1) is 11.6 Å². The Balaban J connectivity index is 3.28. The maximum Gasteiger partial charge on any atom is 0.132 e. The van der Waals surface area contributed by atoms with Crippen LogP contribution in [0.1, 0.15) is 18.5 Å². The van der Waals surface area contributed by atoms with Crippen molar-refractivity contribution in [3.63, 3.8) is 0 Å². The van der Waals surface area contributed by atoms with Crippen molar-refractivity contribution >= 4 is 15.9 Å². The summed E-state index contributed by atoms with van der Waals surface area (Å²) >= 11 is 2.98. The van der Waals surface area contributed by atoms with Gasteiger partial charge in [0.25, 0.3) is 0 Å². The molecule has 0 spiro atoms. The largest absolute Gasteiger partial charge is 0.324 e. The lowest BCUT2D eigenvalue weighted by Crippen LogP contribution is -2.10. The SMILES string of the molecule is C[C@H](N)c1c(F)cc(Br)cc1F. The average Bonchev–Trinajstić information content (AvgIpc) is 1.82. The summed E-state index contributed by atoms with van der Waals surface area (Å²) in [5.74, 6) is -1.23. The van der Waals surface area contributed by atoms with Gasteiger partial charge < -0.3 is 5.73 Å². The summed E-state index contributed by atoms with van der Waals surface area (Å²) in [4.78, 5) is 0. The molecule has 1 rings (SSSR count). The second-order valence-electron chi connectivity index (χ2n) is 2.57. The van der Waals surface area contributed by atoms with E-state index >= 15 is 0 Å². The van der Waals surface area contributed by atoms with Crippen LogP contribution in [-0.4, -0.2) is 0 Å². The molecule has 4 heteroatoms. The Hall–Kier alpha value is -0.480. The maximum atomic E-state index is 13.0. The van der Waals surface area contributed by atoms with Gasteiger partial charge in [0.1, 0.15) is 11.6 Å². The highest BCUT2D eigenvalue weighted by Crippen LogP contribution is 2.23. The highest BCUT2D eigenvalue weighted by Gasteiger charge is 2.13. The third-order valence-electron chi connectivity index (χ3n) is 1.50. The Morgan fingerprint density at radius 2 is 1.75 bits per heavy atom. The van der Waals surface area contributed by atoms with Crippen LogP contribution in [0.15, 0.2) is 16.6 Å². The van der Waals surface area contributed by atoms with Crippen molar-refractivity contribution in [3.8, 4) is 0 Å². The fraction of sp³-hybridized carbons (Fsp3) is 0.250. The summed E-state index contributed by atoms with van der Waals surface area (Å²) < 4.78 is 26.4. The van der Waals surface area contributed by atoms with Crippen molar-refractivity contribution in [2.45, 2.75) is 13.0 Å². The predicted molar refractivity (Wildman–Crippen MR) is 46.7 cm³/mol. The summed E-state index contributed by atoms with van der Waals surface area (Å²) in [5, 5.41) is 0. The molecule has 0 bridgehead atoms. The van der Waals surface area contributed by atoms with Crippen LogP contribution >= 0.6 is 15.9 Å². The zero-order chi connectivity index (χ0) is 9.30. The van der Waals surface area contributed by atoms with Gasteiger partial charge >= 0.3 is 0 Å². The smallest absolute Gasteiger partial charge is 0.132 e. The molecule has 1 aromatic rings. The minimum absolute atomic E-state index is 0.0711. The average molecular weight is 236 g/mol. The van der Waals surface area contributed by atoms with Crippen LogP contribution in [0.3, 0.4) is 0 Å². The minimum Gasteiger partial charge on any atom is -0.324 e. The summed E-state index contributed by atoms with van der Waals surface area (Å²) in [5.41, 5.74) is 5.30. The number of benzene rings is 1. The molecule has 66 valence electrons. The van der Waals surface area contributed by atoms with Gasteiger partial charge in [0.05, 0.1) is 0 Å². The number of hydrogen-bond acceptors (Lipinski definition) is 1. The van der Waals surface area contributed by atoms with Crippen LogP contribution in [0.4, 0.5) is 8.78 Å². The van der Waals surface area contributed by atoms with Crippen LogP contribution in [0.5, 0.6) is 0 Å². The Morgan fingerprint density at radius 3 is 2.08 bits per heavy atom. The molecule has 0 heterocycles. The van der Waals surface area contributed by atoms with Crippen molar-refractivity contribution < 1.29 is 8.78 Å². The van der Waals surface area contributed by atoms with Gasteiger partial charge in [0.2, 0.25) is 0 Å². The first-order chi connectivity index (χ1) is 5.52. The van der Waals surface area contributed by atoms with E-state index in [0.717, 1.165) is 0 Å². The monoisotopic (exact) mass is 235 g/mol. The predicted octanol–water partition coefficient (Wildman–Crippen LogP) is 2.75. The lowest BCUT2D eigenvalue weighted by molar-refractivity contribution is 0.535. The van der Waals surface area contributed by atoms with E-state index in [1.165, 1.54) is 19.1 Å². The number of nitrogens with two attached hydrogens (primary N) is 1. The summed E-state index contributed by atoms with van der Waals surface area (Å²) in [6, 6.07) is 1.77. The Morgan fingerprint density at radius 1 is 1.33 bits per heavy atom. The summed E-state index contributed by atoms with van der Waals surface area (Å²) in [6.45, 7) is 1.54. The van der Waals surface area contributed by atoms with Crippen LogP contribution in [0.25, 0.3) is 0 Å². The zero-order valence-corrected chi connectivity index (χ0v) is 8.03. The molecule has 0 amide bonds. The van der Waals surface area contributed by atoms with Crippen LogP contribution in [0.2, 0.25) is 0 Å². The molecule has 0 aliphatic rings. The normalized spacial score (nSPS) is 13.1. The first-order valence-corrected chi connectivity index (χ1v) is 4.21. The molecule has 1 aromatic carbocycles. The van der Waals surface area contributed by atoms with Gasteiger partial charge in [-0.3, -0.25) is 0 Å². The van der Waals surface area contributed by atoms with Crippen LogP contribution < -0.4 is 5.73 Å². The molecule has 1 nitrogen and oxygen atoms in total. The zero-order valence-electron chi connectivity index (χ0n) is 6.44. The number of halogens is 3. The Kier molecular flexibility index (Phi) is 2.80. The lowest BCUT2D eigenvalue weighted by Gasteiger charge is -2.08. The van der Waals surface area contributed by atoms with Gasteiger partial charge in [-0.2, -0.15) is 0 Å². The first kappa shape index (κ1) is 9.61. The molecule has 12 heavy (non-hydrogen) atoms. The Labute approximate surface area is 77.7 Å². The van der Waals surface area contributed by atoms with Gasteiger partial charge in [0, 0.05) is 16.1 Å². The van der Waals surface area contributed by atoms with E-state index in [2.05, 4.69) is 15.9 Å². The summed E-state index contributed by atoms with van der Waals surface area (Å²) in [6.07, 6.45) is 0. The molecule has 2 N–H and O–H groups in total. The standard InChI is InChI=1S/C8H8BrF2N/c1-4(12)8-6(10)2-5(9)3-7(8)11/h2-4H,12H2,1H3/t4-/m0/s1. The second kappa shape index (κ2) is 3.49. The fourth-order valence-corrected chi connectivity index (χ4v) is 1.39. The van der Waals surface area contributed by atoms with E-state index in [-0.39, 0.29) is 5.56 Å². The molecule has 0 aliphatic heterocycles. The van der Waals surface area contributed by atoms with Gasteiger partial charge in [-0.1, -0.05) is 15.9 Å². The third kappa shape index (κ3) is 1.81. The molecule has 0 fully saturated rings. The molecular formula is C8H8BrF2N. The first-order valence-electron chi connectivity index (χ1n) is 3.42. The van der Waals surface area contributed by atoms with Gasteiger partial charge in [-0.15, -0.1) is 0 Å². The minimum atomic E-state index is -0.627. The fourth-order valence-electron chi connectivity index (χ4n) is 0.988. The molecule has 0 saturated heterocycles. The molecule has 1 atom stereocenters. The van der Waals surface area contributed by atoms with Crippen molar-refractivity contribution in [1.29, 1.82) is 0 Å². The topological polar surface area (TPSA) is 26.0 Å². The quantitative estimate of drug-likeness (QED) is 0.797. The maximum absolute atomic E-state index is 13.0. The summed E-state index contributed by atoms with van der Waals surface area (Å²) in [7, 11) is 0.